The summed E-state index contributed by atoms with van der Waals surface area (Å²) in [5.74, 6) is 1.53. The minimum Gasteiger partial charge on any atom is -0.494 e. The van der Waals surface area contributed by atoms with E-state index in [1.807, 2.05) is 13.0 Å². The van der Waals surface area contributed by atoms with Crippen LogP contribution in [-0.4, -0.2) is 29.0 Å². The molecule has 0 radical (unpaired) electrons. The van der Waals surface area contributed by atoms with E-state index in [0.717, 1.165) is 5.75 Å². The molecule has 2 N–H and O–H groups in total. The van der Waals surface area contributed by atoms with Crippen molar-refractivity contribution in [1.82, 2.24) is 0 Å². The van der Waals surface area contributed by atoms with Crippen molar-refractivity contribution < 1.29 is 14.9 Å². The van der Waals surface area contributed by atoms with Crippen LogP contribution < -0.4 is 4.74 Å². The molecule has 0 heterocycles. The van der Waals surface area contributed by atoms with Crippen LogP contribution in [0.3, 0.4) is 0 Å². The number of rotatable bonds is 7. The maximum Gasteiger partial charge on any atom is 0.122 e. The Morgan fingerprint density at radius 3 is 2.25 bits per heavy atom. The molecule has 0 aliphatic heterocycles. The van der Waals surface area contributed by atoms with Crippen LogP contribution in [0.2, 0.25) is 0 Å². The van der Waals surface area contributed by atoms with Crippen molar-refractivity contribution in [3.63, 3.8) is 0 Å². The largest absolute Gasteiger partial charge is 0.494 e. The Kier molecular flexibility index (Phi) is 6.50. The summed E-state index contributed by atoms with van der Waals surface area (Å²) in [6, 6.07) is 6.23. The van der Waals surface area contributed by atoms with Gasteiger partial charge in [-0.3, -0.25) is 0 Å². The molecule has 1 aromatic rings. The fourth-order valence-corrected chi connectivity index (χ4v) is 2.31. The summed E-state index contributed by atoms with van der Waals surface area (Å²) < 4.78 is 5.66. The van der Waals surface area contributed by atoms with Gasteiger partial charge in [0.15, 0.2) is 0 Å². The van der Waals surface area contributed by atoms with Crippen LogP contribution in [0.15, 0.2) is 18.2 Å². The summed E-state index contributed by atoms with van der Waals surface area (Å²) in [6.45, 7) is 10.6. The van der Waals surface area contributed by atoms with Gasteiger partial charge >= 0.3 is 0 Å². The van der Waals surface area contributed by atoms with E-state index in [1.165, 1.54) is 11.1 Å². The number of benzene rings is 1. The van der Waals surface area contributed by atoms with Gasteiger partial charge in [-0.25, -0.2) is 0 Å². The van der Waals surface area contributed by atoms with E-state index in [4.69, 9.17) is 4.74 Å². The third-order valence-electron chi connectivity index (χ3n) is 3.68. The quantitative estimate of drug-likeness (QED) is 0.804. The Labute approximate surface area is 122 Å². The highest BCUT2D eigenvalue weighted by Gasteiger charge is 2.18. The fraction of sp³-hybridized carbons (Fsp3) is 0.647. The van der Waals surface area contributed by atoms with Crippen LogP contribution in [0.5, 0.6) is 5.75 Å². The molecule has 3 nitrogen and oxygen atoms in total. The molecule has 1 aromatic carbocycles. The molecule has 0 aliphatic rings. The molecule has 114 valence electrons. The highest BCUT2D eigenvalue weighted by atomic mass is 16.5. The van der Waals surface area contributed by atoms with Crippen molar-refractivity contribution in [1.29, 1.82) is 0 Å². The Hall–Kier alpha value is -1.06. The standard InChI is InChI=1S/C17H28O3/c1-6-20-17-8-7-14(10-15(17)11(2)3)12(4)9-16(19)13(5)18/h7-8,10-13,16,18-19H,6,9H2,1-5H3. The zero-order valence-electron chi connectivity index (χ0n) is 13.3. The van der Waals surface area contributed by atoms with Gasteiger partial charge in [0.1, 0.15) is 5.75 Å². The number of aliphatic hydroxyl groups is 2. The van der Waals surface area contributed by atoms with Gasteiger partial charge in [-0.15, -0.1) is 0 Å². The van der Waals surface area contributed by atoms with Gasteiger partial charge in [-0.2, -0.15) is 0 Å². The topological polar surface area (TPSA) is 49.7 Å². The molecule has 0 amide bonds. The molecule has 0 saturated carbocycles. The molecule has 3 heteroatoms. The van der Waals surface area contributed by atoms with Crippen molar-refractivity contribution in [3.8, 4) is 5.75 Å². The second-order valence-corrected chi connectivity index (χ2v) is 5.83. The SMILES string of the molecule is CCOc1ccc(C(C)CC(O)C(C)O)cc1C(C)C. The summed E-state index contributed by atoms with van der Waals surface area (Å²) in [5.41, 5.74) is 2.37. The van der Waals surface area contributed by atoms with Gasteiger partial charge in [-0.1, -0.05) is 32.9 Å². The number of hydrogen-bond donors (Lipinski definition) is 2. The second-order valence-electron chi connectivity index (χ2n) is 5.83. The lowest BCUT2D eigenvalue weighted by Gasteiger charge is -2.21. The van der Waals surface area contributed by atoms with Gasteiger partial charge in [0, 0.05) is 0 Å². The number of hydrogen-bond acceptors (Lipinski definition) is 3. The van der Waals surface area contributed by atoms with Gasteiger partial charge in [0.2, 0.25) is 0 Å². The predicted molar refractivity (Wildman–Crippen MR) is 82.4 cm³/mol. The third kappa shape index (κ3) is 4.50. The summed E-state index contributed by atoms with van der Waals surface area (Å²) in [4.78, 5) is 0. The average molecular weight is 280 g/mol. The van der Waals surface area contributed by atoms with Gasteiger partial charge in [0.25, 0.3) is 0 Å². The maximum absolute atomic E-state index is 9.80. The highest BCUT2D eigenvalue weighted by Crippen LogP contribution is 2.31. The molecule has 0 bridgehead atoms. The maximum atomic E-state index is 9.80. The average Bonchev–Trinajstić information content (AvgIpc) is 2.38. The lowest BCUT2D eigenvalue weighted by molar-refractivity contribution is 0.0227. The lowest BCUT2D eigenvalue weighted by atomic mass is 9.90. The first-order valence-electron chi connectivity index (χ1n) is 7.49. The molecule has 0 saturated heterocycles. The van der Waals surface area contributed by atoms with Gasteiger partial charge in [0.05, 0.1) is 18.8 Å². The van der Waals surface area contributed by atoms with Crippen molar-refractivity contribution in [2.45, 2.75) is 65.1 Å². The Balaban J connectivity index is 2.93. The van der Waals surface area contributed by atoms with Gasteiger partial charge < -0.3 is 14.9 Å². The minimum absolute atomic E-state index is 0.202. The van der Waals surface area contributed by atoms with E-state index in [-0.39, 0.29) is 5.92 Å². The first kappa shape index (κ1) is 17.0. The second kappa shape index (κ2) is 7.65. The number of ether oxygens (including phenoxy) is 1. The van der Waals surface area contributed by atoms with E-state index in [9.17, 15) is 10.2 Å². The first-order chi connectivity index (χ1) is 9.36. The summed E-state index contributed by atoms with van der Waals surface area (Å²) in [6.07, 6.45) is -0.813. The Bertz CT molecular complexity index is 413. The summed E-state index contributed by atoms with van der Waals surface area (Å²) in [5, 5.41) is 19.2. The van der Waals surface area contributed by atoms with Crippen LogP contribution in [0.4, 0.5) is 0 Å². The lowest BCUT2D eigenvalue weighted by Crippen LogP contribution is -2.24. The molecule has 1 rings (SSSR count). The van der Waals surface area contributed by atoms with Crippen LogP contribution in [-0.2, 0) is 0 Å². The Morgan fingerprint density at radius 2 is 1.75 bits per heavy atom. The van der Waals surface area contributed by atoms with Crippen LogP contribution in [0.1, 0.15) is 64.0 Å². The molecular formula is C17H28O3. The van der Waals surface area contributed by atoms with Crippen LogP contribution in [0.25, 0.3) is 0 Å². The molecule has 0 spiro atoms. The summed E-state index contributed by atoms with van der Waals surface area (Å²) in [7, 11) is 0. The fourth-order valence-electron chi connectivity index (χ4n) is 2.31. The van der Waals surface area contributed by atoms with E-state index < -0.39 is 12.2 Å². The molecule has 20 heavy (non-hydrogen) atoms. The first-order valence-corrected chi connectivity index (χ1v) is 7.49. The molecule has 0 aliphatic carbocycles. The molecular weight excluding hydrogens is 252 g/mol. The molecule has 3 unspecified atom stereocenters. The number of aliphatic hydroxyl groups excluding tert-OH is 2. The van der Waals surface area contributed by atoms with Crippen molar-refractivity contribution in [2.24, 2.45) is 0 Å². The van der Waals surface area contributed by atoms with Crippen molar-refractivity contribution in [3.05, 3.63) is 29.3 Å². The smallest absolute Gasteiger partial charge is 0.122 e. The van der Waals surface area contributed by atoms with E-state index >= 15 is 0 Å². The summed E-state index contributed by atoms with van der Waals surface area (Å²) >= 11 is 0. The van der Waals surface area contributed by atoms with E-state index in [0.29, 0.717) is 18.9 Å². The normalized spacial score (nSPS) is 16.0. The monoisotopic (exact) mass is 280 g/mol. The van der Waals surface area contributed by atoms with Crippen LogP contribution >= 0.6 is 0 Å². The highest BCUT2D eigenvalue weighted by molar-refractivity contribution is 5.40. The van der Waals surface area contributed by atoms with Crippen molar-refractivity contribution in [2.75, 3.05) is 6.61 Å². The van der Waals surface area contributed by atoms with Crippen molar-refractivity contribution >= 4 is 0 Å². The predicted octanol–water partition coefficient (Wildman–Crippen LogP) is 3.44. The van der Waals surface area contributed by atoms with E-state index in [2.05, 4.69) is 32.9 Å². The zero-order chi connectivity index (χ0) is 15.3. The minimum atomic E-state index is -0.690. The van der Waals surface area contributed by atoms with Crippen LogP contribution in [0, 0.1) is 0 Å². The Morgan fingerprint density at radius 1 is 1.10 bits per heavy atom. The zero-order valence-corrected chi connectivity index (χ0v) is 13.3. The molecule has 0 aromatic heterocycles. The van der Waals surface area contributed by atoms with Gasteiger partial charge in [-0.05, 0) is 49.3 Å². The molecule has 0 fully saturated rings. The molecule has 3 atom stereocenters. The third-order valence-corrected chi connectivity index (χ3v) is 3.68. The van der Waals surface area contributed by atoms with E-state index in [1.54, 1.807) is 6.92 Å².